The van der Waals surface area contributed by atoms with Gasteiger partial charge in [-0.15, -0.1) is 0 Å². The molecule has 0 unspecified atom stereocenters. The number of carbonyl (C=O) groups excluding carboxylic acids is 1. The lowest BCUT2D eigenvalue weighted by molar-refractivity contribution is -0.393. The van der Waals surface area contributed by atoms with Crippen molar-refractivity contribution in [2.45, 2.75) is 13.8 Å². The second kappa shape index (κ2) is 9.07. The Morgan fingerprint density at radius 2 is 1.89 bits per heavy atom. The van der Waals surface area contributed by atoms with E-state index in [4.69, 9.17) is 9.47 Å². The molecule has 0 atom stereocenters. The summed E-state index contributed by atoms with van der Waals surface area (Å²) >= 11 is 0. The van der Waals surface area contributed by atoms with E-state index in [1.54, 1.807) is 19.1 Å². The van der Waals surface area contributed by atoms with E-state index in [-0.39, 0.29) is 11.4 Å². The number of non-ortho nitro benzene ring substituents is 1. The van der Waals surface area contributed by atoms with Crippen molar-refractivity contribution in [1.82, 2.24) is 0 Å². The van der Waals surface area contributed by atoms with Gasteiger partial charge in [0.15, 0.2) is 11.5 Å². The van der Waals surface area contributed by atoms with E-state index in [1.807, 2.05) is 0 Å². The number of hydrogen-bond donors (Lipinski definition) is 1. The van der Waals surface area contributed by atoms with Crippen molar-refractivity contribution >= 4 is 29.2 Å². The number of carbonyl (C=O) groups is 1. The highest BCUT2D eigenvalue weighted by Gasteiger charge is 2.19. The zero-order valence-corrected chi connectivity index (χ0v) is 14.9. The Balaban J connectivity index is 2.22. The van der Waals surface area contributed by atoms with Gasteiger partial charge in [-0.25, -0.2) is 0 Å². The number of benzene rings is 2. The summed E-state index contributed by atoms with van der Waals surface area (Å²) in [6.07, 6.45) is 1.37. The quantitative estimate of drug-likeness (QED) is 0.238. The first-order valence-corrected chi connectivity index (χ1v) is 7.99. The number of hydrazone groups is 1. The van der Waals surface area contributed by atoms with Gasteiger partial charge in [-0.3, -0.25) is 30.4 Å². The molecule has 11 nitrogen and oxygen atoms in total. The van der Waals surface area contributed by atoms with Crippen molar-refractivity contribution in [3.63, 3.8) is 0 Å². The molecule has 2 rings (SSSR count). The van der Waals surface area contributed by atoms with E-state index in [0.29, 0.717) is 17.9 Å². The average Bonchev–Trinajstić information content (AvgIpc) is 2.63. The number of nitrogens with one attached hydrogen (secondary N) is 1. The Kier molecular flexibility index (Phi) is 6.58. The number of nitro benzene ring substituents is 2. The van der Waals surface area contributed by atoms with Crippen LogP contribution in [0.1, 0.15) is 19.4 Å². The maximum atomic E-state index is 11.1. The van der Waals surface area contributed by atoms with Crippen LogP contribution in [0.3, 0.4) is 0 Å². The Morgan fingerprint density at radius 3 is 2.50 bits per heavy atom. The van der Waals surface area contributed by atoms with Crippen molar-refractivity contribution in [3.05, 3.63) is 62.2 Å². The lowest BCUT2D eigenvalue weighted by atomic mass is 10.2. The van der Waals surface area contributed by atoms with Crippen LogP contribution in [0.5, 0.6) is 11.5 Å². The van der Waals surface area contributed by atoms with Crippen LogP contribution in [0.25, 0.3) is 0 Å². The molecule has 0 aliphatic heterocycles. The van der Waals surface area contributed by atoms with Gasteiger partial charge in [0.1, 0.15) is 5.69 Å². The molecule has 0 radical (unpaired) electrons. The molecule has 2 aromatic carbocycles. The summed E-state index contributed by atoms with van der Waals surface area (Å²) in [5.74, 6) is 0.1000. The van der Waals surface area contributed by atoms with Crippen LogP contribution in [0, 0.1) is 20.2 Å². The van der Waals surface area contributed by atoms with Gasteiger partial charge in [-0.1, -0.05) is 0 Å². The van der Waals surface area contributed by atoms with E-state index in [1.165, 1.54) is 25.3 Å². The Morgan fingerprint density at radius 1 is 1.14 bits per heavy atom. The SMILES string of the molecule is CCOc1cc(C=NNc2ccc([N+](=O)[O-])cc2[N+](=O)[O-])ccc1OC(C)=O. The summed E-state index contributed by atoms with van der Waals surface area (Å²) in [7, 11) is 0. The van der Waals surface area contributed by atoms with Crippen molar-refractivity contribution in [1.29, 1.82) is 0 Å². The predicted octanol–water partition coefficient (Wildman–Crippen LogP) is 3.27. The molecule has 0 aliphatic rings. The minimum atomic E-state index is -0.744. The first kappa shape index (κ1) is 20.3. The third-order valence-corrected chi connectivity index (χ3v) is 3.31. The average molecular weight is 388 g/mol. The normalized spacial score (nSPS) is 10.5. The summed E-state index contributed by atoms with van der Waals surface area (Å²) < 4.78 is 10.5. The molecule has 1 N–H and O–H groups in total. The molecule has 0 bridgehead atoms. The van der Waals surface area contributed by atoms with Gasteiger partial charge >= 0.3 is 11.7 Å². The minimum absolute atomic E-state index is 0.00610. The monoisotopic (exact) mass is 388 g/mol. The standard InChI is InChI=1S/C17H16N4O7/c1-3-27-17-8-12(4-7-16(17)28-11(2)22)10-18-19-14-6-5-13(20(23)24)9-15(14)21(25)26/h4-10,19H,3H2,1-2H3. The fraction of sp³-hybridized carbons (Fsp3) is 0.176. The highest BCUT2D eigenvalue weighted by Crippen LogP contribution is 2.30. The molecule has 146 valence electrons. The van der Waals surface area contributed by atoms with Gasteiger partial charge in [-0.05, 0) is 36.8 Å². The van der Waals surface area contributed by atoms with Crippen LogP contribution in [-0.4, -0.2) is 28.6 Å². The summed E-state index contributed by atoms with van der Waals surface area (Å²) in [5, 5.41) is 25.8. The maximum Gasteiger partial charge on any atom is 0.308 e. The second-order valence-corrected chi connectivity index (χ2v) is 5.32. The molecular formula is C17H16N4O7. The lowest BCUT2D eigenvalue weighted by Crippen LogP contribution is -2.04. The minimum Gasteiger partial charge on any atom is -0.490 e. The molecule has 0 saturated heterocycles. The first-order chi connectivity index (χ1) is 13.3. The van der Waals surface area contributed by atoms with Gasteiger partial charge in [-0.2, -0.15) is 5.10 Å². The highest BCUT2D eigenvalue weighted by atomic mass is 16.6. The van der Waals surface area contributed by atoms with E-state index in [9.17, 15) is 25.0 Å². The zero-order valence-electron chi connectivity index (χ0n) is 14.9. The topological polar surface area (TPSA) is 146 Å². The number of anilines is 1. The summed E-state index contributed by atoms with van der Waals surface area (Å²) in [4.78, 5) is 31.5. The van der Waals surface area contributed by atoms with E-state index < -0.39 is 27.2 Å². The summed E-state index contributed by atoms with van der Waals surface area (Å²) in [6, 6.07) is 7.89. The van der Waals surface area contributed by atoms with Gasteiger partial charge in [0.2, 0.25) is 0 Å². The van der Waals surface area contributed by atoms with Crippen LogP contribution in [0.4, 0.5) is 17.1 Å². The second-order valence-electron chi connectivity index (χ2n) is 5.32. The molecule has 0 aliphatic carbocycles. The highest BCUT2D eigenvalue weighted by molar-refractivity contribution is 5.82. The summed E-state index contributed by atoms with van der Waals surface area (Å²) in [6.45, 7) is 3.39. The van der Waals surface area contributed by atoms with Crippen molar-refractivity contribution in [3.8, 4) is 11.5 Å². The zero-order chi connectivity index (χ0) is 20.7. The molecule has 0 fully saturated rings. The van der Waals surface area contributed by atoms with Crippen LogP contribution < -0.4 is 14.9 Å². The molecule has 0 heterocycles. The van der Waals surface area contributed by atoms with Gasteiger partial charge < -0.3 is 9.47 Å². The molecule has 11 heteroatoms. The molecule has 0 saturated carbocycles. The molecule has 0 aromatic heterocycles. The van der Waals surface area contributed by atoms with Gasteiger partial charge in [0, 0.05) is 13.0 Å². The number of nitrogens with zero attached hydrogens (tertiary/aromatic N) is 3. The molecular weight excluding hydrogens is 372 g/mol. The number of nitro groups is 2. The molecule has 28 heavy (non-hydrogen) atoms. The Hall–Kier alpha value is -4.02. The smallest absolute Gasteiger partial charge is 0.308 e. The third kappa shape index (κ3) is 5.24. The molecule has 2 aromatic rings. The largest absolute Gasteiger partial charge is 0.490 e. The Bertz CT molecular complexity index is 943. The molecule has 0 spiro atoms. The number of esters is 1. The van der Waals surface area contributed by atoms with E-state index in [0.717, 1.165) is 12.1 Å². The maximum absolute atomic E-state index is 11.1. The number of rotatable bonds is 8. The third-order valence-electron chi connectivity index (χ3n) is 3.31. The van der Waals surface area contributed by atoms with Gasteiger partial charge in [0.05, 0.1) is 28.7 Å². The van der Waals surface area contributed by atoms with E-state index in [2.05, 4.69) is 10.5 Å². The number of hydrogen-bond acceptors (Lipinski definition) is 9. The van der Waals surface area contributed by atoms with Gasteiger partial charge in [0.25, 0.3) is 5.69 Å². The molecule has 0 amide bonds. The lowest BCUT2D eigenvalue weighted by Gasteiger charge is -2.10. The van der Waals surface area contributed by atoms with E-state index >= 15 is 0 Å². The predicted molar refractivity (Wildman–Crippen MR) is 99.9 cm³/mol. The first-order valence-electron chi connectivity index (χ1n) is 7.99. The van der Waals surface area contributed by atoms with Crippen molar-refractivity contribution in [2.24, 2.45) is 5.10 Å². The van der Waals surface area contributed by atoms with Crippen LogP contribution in [0.2, 0.25) is 0 Å². The van der Waals surface area contributed by atoms with Crippen LogP contribution in [-0.2, 0) is 4.79 Å². The fourth-order valence-corrected chi connectivity index (χ4v) is 2.17. The van der Waals surface area contributed by atoms with Crippen LogP contribution >= 0.6 is 0 Å². The van der Waals surface area contributed by atoms with Crippen LogP contribution in [0.15, 0.2) is 41.5 Å². The van der Waals surface area contributed by atoms with Crippen molar-refractivity contribution < 1.29 is 24.1 Å². The fourth-order valence-electron chi connectivity index (χ4n) is 2.17. The number of ether oxygens (including phenoxy) is 2. The summed E-state index contributed by atoms with van der Waals surface area (Å²) in [5.41, 5.74) is 2.17. The Labute approximate surface area is 158 Å². The van der Waals surface area contributed by atoms with Crippen molar-refractivity contribution in [2.75, 3.05) is 12.0 Å².